The first kappa shape index (κ1) is 28.4. The van der Waals surface area contributed by atoms with Crippen molar-refractivity contribution in [2.24, 2.45) is 0 Å². The van der Waals surface area contributed by atoms with Gasteiger partial charge in [0.1, 0.15) is 34.5 Å². The Morgan fingerprint density at radius 1 is 0.233 bits per heavy atom. The maximum Gasteiger partial charge on any atom is 0.127 e. The van der Waals surface area contributed by atoms with Crippen LogP contribution in [0.3, 0.4) is 0 Å². The summed E-state index contributed by atoms with van der Waals surface area (Å²) in [5.41, 5.74) is 27.6. The van der Waals surface area contributed by atoms with Gasteiger partial charge in [0, 0.05) is 22.7 Å². The second-order valence-electron chi connectivity index (χ2n) is 9.63. The van der Waals surface area contributed by atoms with Crippen LogP contribution in [0.15, 0.2) is 146 Å². The highest BCUT2D eigenvalue weighted by molar-refractivity contribution is 5.65. The maximum atomic E-state index is 5.83. The van der Waals surface area contributed by atoms with E-state index in [1.807, 2.05) is 121 Å². The second kappa shape index (κ2) is 13.5. The first-order valence-corrected chi connectivity index (χ1v) is 13.6. The zero-order chi connectivity index (χ0) is 30.0. The summed E-state index contributed by atoms with van der Waals surface area (Å²) in [7, 11) is 0. The van der Waals surface area contributed by atoms with Crippen molar-refractivity contribution in [3.8, 4) is 45.6 Å². The van der Waals surface area contributed by atoms with Gasteiger partial charge in [0.2, 0.25) is 0 Å². The largest absolute Gasteiger partial charge is 0.457 e. The van der Waals surface area contributed by atoms with Gasteiger partial charge in [-0.25, -0.2) is 0 Å². The standard InChI is InChI=1S/C24H20N2O2.C12H12N2O/c25-19-5-13-23(14-6-19)27-21-9-1-17(2-10-21)18-3-11-22(12-4-18)28-24-15-7-20(26)8-16-24;13-9-1-5-11(6-2-9)15-12-7-3-10(14)4-8-12/h1-16H,25-26H2;1-8H,13-14H2. The zero-order valence-electron chi connectivity index (χ0n) is 23.4. The van der Waals surface area contributed by atoms with E-state index in [4.69, 9.17) is 37.1 Å². The molecule has 7 nitrogen and oxygen atoms in total. The monoisotopic (exact) mass is 568 g/mol. The summed E-state index contributed by atoms with van der Waals surface area (Å²) >= 11 is 0. The molecule has 0 amide bonds. The van der Waals surface area contributed by atoms with Gasteiger partial charge in [0.05, 0.1) is 0 Å². The number of hydrogen-bond donors (Lipinski definition) is 4. The number of benzene rings is 6. The predicted molar refractivity (Wildman–Crippen MR) is 176 cm³/mol. The molecule has 0 atom stereocenters. The molecular weight excluding hydrogens is 536 g/mol. The molecule has 0 heterocycles. The average molecular weight is 569 g/mol. The summed E-state index contributed by atoms with van der Waals surface area (Å²) in [6.07, 6.45) is 0. The van der Waals surface area contributed by atoms with E-state index in [2.05, 4.69) is 0 Å². The number of hydrogen-bond acceptors (Lipinski definition) is 7. The molecule has 6 rings (SSSR count). The molecule has 0 bridgehead atoms. The Balaban J connectivity index is 0.000000207. The van der Waals surface area contributed by atoms with Crippen molar-refractivity contribution in [2.45, 2.75) is 0 Å². The summed E-state index contributed by atoms with van der Waals surface area (Å²) in [6.45, 7) is 0. The highest BCUT2D eigenvalue weighted by Gasteiger charge is 2.03. The highest BCUT2D eigenvalue weighted by atomic mass is 16.5. The van der Waals surface area contributed by atoms with Crippen molar-refractivity contribution < 1.29 is 14.2 Å². The lowest BCUT2D eigenvalue weighted by atomic mass is 10.1. The lowest BCUT2D eigenvalue weighted by Crippen LogP contribution is -1.87. The summed E-state index contributed by atoms with van der Waals surface area (Å²) in [5.74, 6) is 4.58. The molecule has 6 aromatic carbocycles. The molecule has 0 unspecified atom stereocenters. The fourth-order valence-corrected chi connectivity index (χ4v) is 3.98. The molecule has 43 heavy (non-hydrogen) atoms. The Kier molecular flexibility index (Phi) is 8.94. The SMILES string of the molecule is Nc1ccc(Oc2ccc(-c3ccc(Oc4ccc(N)cc4)cc3)cc2)cc1.Nc1ccc(Oc2ccc(N)cc2)cc1. The van der Waals surface area contributed by atoms with Crippen LogP contribution in [-0.2, 0) is 0 Å². The molecule has 7 heteroatoms. The van der Waals surface area contributed by atoms with E-state index in [0.717, 1.165) is 57.0 Å². The Labute approximate surface area is 250 Å². The van der Waals surface area contributed by atoms with Crippen LogP contribution in [0.4, 0.5) is 22.7 Å². The van der Waals surface area contributed by atoms with Crippen molar-refractivity contribution in [1.29, 1.82) is 0 Å². The third-order valence-electron chi connectivity index (χ3n) is 6.27. The van der Waals surface area contributed by atoms with E-state index < -0.39 is 0 Å². The lowest BCUT2D eigenvalue weighted by Gasteiger charge is -2.09. The van der Waals surface area contributed by atoms with Crippen molar-refractivity contribution in [3.05, 3.63) is 146 Å². The van der Waals surface area contributed by atoms with E-state index in [9.17, 15) is 0 Å². The molecule has 0 aromatic heterocycles. The van der Waals surface area contributed by atoms with Gasteiger partial charge < -0.3 is 37.1 Å². The van der Waals surface area contributed by atoms with Gasteiger partial charge >= 0.3 is 0 Å². The first-order valence-electron chi connectivity index (χ1n) is 13.6. The minimum atomic E-state index is 0.714. The van der Waals surface area contributed by atoms with Gasteiger partial charge in [-0.15, -0.1) is 0 Å². The summed E-state index contributed by atoms with van der Waals surface area (Å²) in [6, 6.07) is 45.1. The van der Waals surface area contributed by atoms with Crippen molar-refractivity contribution in [1.82, 2.24) is 0 Å². The first-order chi connectivity index (χ1) is 20.9. The van der Waals surface area contributed by atoms with Crippen LogP contribution in [0.2, 0.25) is 0 Å². The lowest BCUT2D eigenvalue weighted by molar-refractivity contribution is 0.482. The van der Waals surface area contributed by atoms with Crippen LogP contribution in [0, 0.1) is 0 Å². The smallest absolute Gasteiger partial charge is 0.127 e. The van der Waals surface area contributed by atoms with Gasteiger partial charge in [-0.05, 0) is 132 Å². The zero-order valence-corrected chi connectivity index (χ0v) is 23.4. The van der Waals surface area contributed by atoms with E-state index in [1.165, 1.54) is 0 Å². The quantitative estimate of drug-likeness (QED) is 0.142. The third-order valence-corrected chi connectivity index (χ3v) is 6.27. The molecular formula is C36H32N4O3. The topological polar surface area (TPSA) is 132 Å². The Hall–Kier alpha value is -6.08. The number of ether oxygens (including phenoxy) is 3. The molecule has 0 saturated carbocycles. The van der Waals surface area contributed by atoms with Crippen molar-refractivity contribution >= 4 is 22.7 Å². The number of nitrogens with two attached hydrogens (primary N) is 4. The van der Waals surface area contributed by atoms with E-state index >= 15 is 0 Å². The van der Waals surface area contributed by atoms with Crippen LogP contribution in [0.1, 0.15) is 0 Å². The fourth-order valence-electron chi connectivity index (χ4n) is 3.98. The van der Waals surface area contributed by atoms with Gasteiger partial charge in [-0.1, -0.05) is 24.3 Å². The minimum absolute atomic E-state index is 0.714. The van der Waals surface area contributed by atoms with E-state index in [-0.39, 0.29) is 0 Å². The molecule has 6 aromatic rings. The molecule has 0 saturated heterocycles. The number of rotatable bonds is 7. The normalized spacial score (nSPS) is 10.2. The number of nitrogen functional groups attached to an aromatic ring is 4. The molecule has 0 aliphatic heterocycles. The fraction of sp³-hybridized carbons (Fsp3) is 0. The maximum absolute atomic E-state index is 5.83. The van der Waals surface area contributed by atoms with E-state index in [0.29, 0.717) is 11.4 Å². The Morgan fingerprint density at radius 2 is 0.395 bits per heavy atom. The van der Waals surface area contributed by atoms with Crippen LogP contribution >= 0.6 is 0 Å². The summed E-state index contributed by atoms with van der Waals surface area (Å²) < 4.78 is 17.2. The van der Waals surface area contributed by atoms with Crippen LogP contribution in [-0.4, -0.2) is 0 Å². The Morgan fingerprint density at radius 3 is 0.581 bits per heavy atom. The van der Waals surface area contributed by atoms with Gasteiger partial charge in [0.15, 0.2) is 0 Å². The van der Waals surface area contributed by atoms with Crippen LogP contribution in [0.5, 0.6) is 34.5 Å². The van der Waals surface area contributed by atoms with Crippen LogP contribution < -0.4 is 37.1 Å². The van der Waals surface area contributed by atoms with Gasteiger partial charge in [0.25, 0.3) is 0 Å². The second-order valence-corrected chi connectivity index (χ2v) is 9.63. The number of anilines is 4. The summed E-state index contributed by atoms with van der Waals surface area (Å²) in [5, 5.41) is 0. The van der Waals surface area contributed by atoms with Crippen molar-refractivity contribution in [2.75, 3.05) is 22.9 Å². The molecule has 214 valence electrons. The molecule has 8 N–H and O–H groups in total. The molecule has 0 aliphatic carbocycles. The Bertz CT molecular complexity index is 1590. The van der Waals surface area contributed by atoms with E-state index in [1.54, 1.807) is 24.3 Å². The molecule has 0 fully saturated rings. The molecule has 0 aliphatic rings. The predicted octanol–water partition coefficient (Wildman–Crippen LogP) is 8.75. The third kappa shape index (κ3) is 8.45. The van der Waals surface area contributed by atoms with Gasteiger partial charge in [-0.2, -0.15) is 0 Å². The molecule has 0 radical (unpaired) electrons. The average Bonchev–Trinajstić information content (AvgIpc) is 3.03. The van der Waals surface area contributed by atoms with Crippen LogP contribution in [0.25, 0.3) is 11.1 Å². The van der Waals surface area contributed by atoms with Gasteiger partial charge in [-0.3, -0.25) is 0 Å². The minimum Gasteiger partial charge on any atom is -0.457 e. The highest BCUT2D eigenvalue weighted by Crippen LogP contribution is 2.29. The molecule has 0 spiro atoms. The van der Waals surface area contributed by atoms with Crippen molar-refractivity contribution in [3.63, 3.8) is 0 Å². The summed E-state index contributed by atoms with van der Waals surface area (Å²) in [4.78, 5) is 0.